The summed E-state index contributed by atoms with van der Waals surface area (Å²) >= 11 is 3.46. The zero-order valence-corrected chi connectivity index (χ0v) is 14.5. The Morgan fingerprint density at radius 1 is 1.48 bits per heavy atom. The summed E-state index contributed by atoms with van der Waals surface area (Å²) in [6, 6.07) is 5.84. The summed E-state index contributed by atoms with van der Waals surface area (Å²) in [6.45, 7) is 9.46. The van der Waals surface area contributed by atoms with Crippen molar-refractivity contribution in [3.05, 3.63) is 28.2 Å². The van der Waals surface area contributed by atoms with Gasteiger partial charge in [0.1, 0.15) is 0 Å². The molecule has 0 bridgehead atoms. The number of carbonyl (C=O) groups excluding carboxylic acids is 1. The second-order valence-electron chi connectivity index (χ2n) is 6.15. The van der Waals surface area contributed by atoms with Crippen molar-refractivity contribution < 1.29 is 9.53 Å². The molecule has 21 heavy (non-hydrogen) atoms. The lowest BCUT2D eigenvalue weighted by molar-refractivity contribution is -0.118. The van der Waals surface area contributed by atoms with Crippen LogP contribution < -0.4 is 5.32 Å². The molecule has 0 saturated carbocycles. The molecule has 5 heteroatoms. The van der Waals surface area contributed by atoms with E-state index in [0.29, 0.717) is 6.42 Å². The SMILES string of the molecule is Cc1cc(NC(=O)CCN2CCOC(C)(C)C2)ccc1Br. The van der Waals surface area contributed by atoms with Crippen molar-refractivity contribution in [2.75, 3.05) is 31.6 Å². The molecule has 1 aliphatic rings. The van der Waals surface area contributed by atoms with E-state index < -0.39 is 0 Å². The van der Waals surface area contributed by atoms with Crippen LogP contribution in [0, 0.1) is 6.92 Å². The lowest BCUT2D eigenvalue weighted by Crippen LogP contribution is -2.48. The van der Waals surface area contributed by atoms with Crippen molar-refractivity contribution in [1.82, 2.24) is 4.90 Å². The molecule has 0 aliphatic carbocycles. The molecule has 1 heterocycles. The number of rotatable bonds is 4. The molecular formula is C16H23BrN2O2. The molecule has 4 nitrogen and oxygen atoms in total. The van der Waals surface area contributed by atoms with Crippen LogP contribution in [0.1, 0.15) is 25.8 Å². The number of anilines is 1. The van der Waals surface area contributed by atoms with Crippen molar-refractivity contribution in [2.24, 2.45) is 0 Å². The van der Waals surface area contributed by atoms with Gasteiger partial charge >= 0.3 is 0 Å². The van der Waals surface area contributed by atoms with Crippen LogP contribution in [0.25, 0.3) is 0 Å². The number of amides is 1. The number of morpholine rings is 1. The van der Waals surface area contributed by atoms with E-state index in [2.05, 4.69) is 40.0 Å². The Morgan fingerprint density at radius 3 is 2.90 bits per heavy atom. The predicted octanol–water partition coefficient (Wildman–Crippen LogP) is 3.20. The van der Waals surface area contributed by atoms with Gasteiger partial charge in [0.2, 0.25) is 5.91 Å². The Kier molecular flexibility index (Phi) is 5.41. The topological polar surface area (TPSA) is 41.6 Å². The fraction of sp³-hybridized carbons (Fsp3) is 0.562. The molecule has 1 amide bonds. The third-order valence-corrected chi connectivity index (χ3v) is 4.49. The first-order chi connectivity index (χ1) is 9.85. The minimum absolute atomic E-state index is 0.0565. The standard InChI is InChI=1S/C16H23BrN2O2/c1-12-10-13(4-5-14(12)17)18-15(20)6-7-19-8-9-21-16(2,3)11-19/h4-5,10H,6-9,11H2,1-3H3,(H,18,20). The smallest absolute Gasteiger partial charge is 0.225 e. The molecule has 2 rings (SSSR count). The maximum absolute atomic E-state index is 12.0. The fourth-order valence-electron chi connectivity index (χ4n) is 2.51. The minimum Gasteiger partial charge on any atom is -0.373 e. The fourth-order valence-corrected chi connectivity index (χ4v) is 2.76. The summed E-state index contributed by atoms with van der Waals surface area (Å²) in [4.78, 5) is 14.3. The van der Waals surface area contributed by atoms with Crippen molar-refractivity contribution in [1.29, 1.82) is 0 Å². The number of nitrogens with zero attached hydrogens (tertiary/aromatic N) is 1. The van der Waals surface area contributed by atoms with E-state index in [0.717, 1.165) is 42.0 Å². The summed E-state index contributed by atoms with van der Waals surface area (Å²) in [5.41, 5.74) is 1.85. The molecule has 0 atom stereocenters. The number of benzene rings is 1. The quantitative estimate of drug-likeness (QED) is 0.902. The third-order valence-electron chi connectivity index (χ3n) is 3.60. The minimum atomic E-state index is -0.114. The summed E-state index contributed by atoms with van der Waals surface area (Å²) in [6.07, 6.45) is 0.505. The number of halogens is 1. The third kappa shape index (κ3) is 5.09. The van der Waals surface area contributed by atoms with E-state index in [1.165, 1.54) is 0 Å². The van der Waals surface area contributed by atoms with Crippen molar-refractivity contribution in [3.8, 4) is 0 Å². The van der Waals surface area contributed by atoms with Gasteiger partial charge in [0, 0.05) is 36.2 Å². The zero-order valence-electron chi connectivity index (χ0n) is 12.9. The molecule has 0 unspecified atom stereocenters. The number of hydrogen-bond donors (Lipinski definition) is 1. The van der Waals surface area contributed by atoms with Crippen LogP contribution in [0.15, 0.2) is 22.7 Å². The van der Waals surface area contributed by atoms with Crippen molar-refractivity contribution in [3.63, 3.8) is 0 Å². The second kappa shape index (κ2) is 6.90. The molecule has 116 valence electrons. The number of aryl methyl sites for hydroxylation is 1. The Bertz CT molecular complexity index is 517. The highest BCUT2D eigenvalue weighted by atomic mass is 79.9. The number of hydrogen-bond acceptors (Lipinski definition) is 3. The van der Waals surface area contributed by atoms with Gasteiger partial charge < -0.3 is 10.1 Å². The van der Waals surface area contributed by atoms with E-state index in [1.54, 1.807) is 0 Å². The summed E-state index contributed by atoms with van der Waals surface area (Å²) < 4.78 is 6.73. The molecule has 0 aromatic heterocycles. The summed E-state index contributed by atoms with van der Waals surface area (Å²) in [5, 5.41) is 2.95. The van der Waals surface area contributed by atoms with Crippen LogP contribution in [-0.2, 0) is 9.53 Å². The van der Waals surface area contributed by atoms with E-state index in [1.807, 2.05) is 25.1 Å². The van der Waals surface area contributed by atoms with Gasteiger partial charge in [0.15, 0.2) is 0 Å². The van der Waals surface area contributed by atoms with Gasteiger partial charge in [0.05, 0.1) is 12.2 Å². The number of ether oxygens (including phenoxy) is 1. The van der Waals surface area contributed by atoms with Crippen LogP contribution >= 0.6 is 15.9 Å². The normalized spacial score (nSPS) is 18.5. The molecule has 1 aromatic carbocycles. The highest BCUT2D eigenvalue weighted by Crippen LogP contribution is 2.20. The van der Waals surface area contributed by atoms with E-state index in [4.69, 9.17) is 4.74 Å². The highest BCUT2D eigenvalue weighted by molar-refractivity contribution is 9.10. The monoisotopic (exact) mass is 354 g/mol. The lowest BCUT2D eigenvalue weighted by atomic mass is 10.1. The average molecular weight is 355 g/mol. The van der Waals surface area contributed by atoms with Gasteiger partial charge in [0.25, 0.3) is 0 Å². The van der Waals surface area contributed by atoms with Gasteiger partial charge in [-0.1, -0.05) is 15.9 Å². The molecular weight excluding hydrogens is 332 g/mol. The van der Waals surface area contributed by atoms with Gasteiger partial charge in [-0.2, -0.15) is 0 Å². The van der Waals surface area contributed by atoms with E-state index in [-0.39, 0.29) is 11.5 Å². The first kappa shape index (κ1) is 16.5. The molecule has 1 aromatic rings. The van der Waals surface area contributed by atoms with Crippen molar-refractivity contribution in [2.45, 2.75) is 32.8 Å². The van der Waals surface area contributed by atoms with E-state index in [9.17, 15) is 4.79 Å². The molecule has 1 aliphatic heterocycles. The van der Waals surface area contributed by atoms with Crippen LogP contribution in [-0.4, -0.2) is 42.6 Å². The Labute approximate surface area is 135 Å². The maximum atomic E-state index is 12.0. The average Bonchev–Trinajstić information content (AvgIpc) is 2.40. The van der Waals surface area contributed by atoms with Crippen LogP contribution in [0.5, 0.6) is 0 Å². The highest BCUT2D eigenvalue weighted by Gasteiger charge is 2.27. The van der Waals surface area contributed by atoms with Gasteiger partial charge in [-0.25, -0.2) is 0 Å². The van der Waals surface area contributed by atoms with Crippen LogP contribution in [0.4, 0.5) is 5.69 Å². The Hall–Kier alpha value is -0.910. The molecule has 1 N–H and O–H groups in total. The largest absolute Gasteiger partial charge is 0.373 e. The number of nitrogens with one attached hydrogen (secondary N) is 1. The maximum Gasteiger partial charge on any atom is 0.225 e. The van der Waals surface area contributed by atoms with Crippen molar-refractivity contribution >= 4 is 27.5 Å². The Balaban J connectivity index is 1.80. The van der Waals surface area contributed by atoms with E-state index >= 15 is 0 Å². The molecule has 0 spiro atoms. The lowest BCUT2D eigenvalue weighted by Gasteiger charge is -2.38. The molecule has 1 fully saturated rings. The van der Waals surface area contributed by atoms with Gasteiger partial charge in [-0.15, -0.1) is 0 Å². The second-order valence-corrected chi connectivity index (χ2v) is 7.00. The number of carbonyl (C=O) groups is 1. The molecule has 1 saturated heterocycles. The van der Waals surface area contributed by atoms with Crippen LogP contribution in [0.3, 0.4) is 0 Å². The first-order valence-electron chi connectivity index (χ1n) is 7.28. The summed E-state index contributed by atoms with van der Waals surface area (Å²) in [5.74, 6) is 0.0565. The summed E-state index contributed by atoms with van der Waals surface area (Å²) in [7, 11) is 0. The van der Waals surface area contributed by atoms with Gasteiger partial charge in [-0.05, 0) is 44.5 Å². The zero-order chi connectivity index (χ0) is 15.5. The first-order valence-corrected chi connectivity index (χ1v) is 8.07. The molecule has 0 radical (unpaired) electrons. The predicted molar refractivity (Wildman–Crippen MR) is 88.6 cm³/mol. The van der Waals surface area contributed by atoms with Gasteiger partial charge in [-0.3, -0.25) is 9.69 Å². The van der Waals surface area contributed by atoms with Crippen LogP contribution in [0.2, 0.25) is 0 Å². The Morgan fingerprint density at radius 2 is 2.24 bits per heavy atom.